The molecule has 200 valence electrons. The van der Waals surface area contributed by atoms with Crippen LogP contribution in [0.3, 0.4) is 0 Å². The molecule has 2 rings (SSSR count). The molecule has 36 heavy (non-hydrogen) atoms. The van der Waals surface area contributed by atoms with Gasteiger partial charge in [0, 0.05) is 36.6 Å². The second-order valence-electron chi connectivity index (χ2n) is 8.58. The predicted octanol–water partition coefficient (Wildman–Crippen LogP) is 4.19. The molecule has 0 aliphatic heterocycles. The van der Waals surface area contributed by atoms with Crippen molar-refractivity contribution in [2.75, 3.05) is 19.8 Å². The molecule has 0 fully saturated rings. The third-order valence-electron chi connectivity index (χ3n) is 5.39. The van der Waals surface area contributed by atoms with Gasteiger partial charge in [-0.3, -0.25) is 14.2 Å². The first kappa shape index (κ1) is 29.5. The molecule has 0 N–H and O–H groups in total. The quantitative estimate of drug-likeness (QED) is 0.173. The van der Waals surface area contributed by atoms with E-state index in [0.29, 0.717) is 32.6 Å². The Morgan fingerprint density at radius 2 is 1.81 bits per heavy atom. The largest absolute Gasteiger partial charge is 0.493 e. The zero-order valence-corrected chi connectivity index (χ0v) is 22.7. The number of aryl methyl sites for hydroxylation is 1. The number of rotatable bonds is 17. The molecule has 1 aromatic heterocycles. The molecule has 10 heteroatoms. The van der Waals surface area contributed by atoms with Gasteiger partial charge in [-0.1, -0.05) is 45.6 Å². The van der Waals surface area contributed by atoms with Gasteiger partial charge >= 0.3 is 17.2 Å². The predicted molar refractivity (Wildman–Crippen MR) is 141 cm³/mol. The van der Waals surface area contributed by atoms with E-state index in [1.165, 1.54) is 18.2 Å². The van der Waals surface area contributed by atoms with Gasteiger partial charge in [-0.2, -0.15) is 0 Å². The molecule has 0 saturated carbocycles. The highest BCUT2D eigenvalue weighted by atomic mass is 32.2. The maximum absolute atomic E-state index is 12.4. The number of carbonyl (C=O) groups excluding carboxylic acids is 1. The lowest BCUT2D eigenvalue weighted by molar-refractivity contribution is -0.143. The highest BCUT2D eigenvalue weighted by Gasteiger charge is 2.12. The zero-order valence-electron chi connectivity index (χ0n) is 21.9. The van der Waals surface area contributed by atoms with Gasteiger partial charge in [0.1, 0.15) is 12.4 Å². The summed E-state index contributed by atoms with van der Waals surface area (Å²) in [5.74, 6) is 0.459. The van der Waals surface area contributed by atoms with Crippen molar-refractivity contribution in [1.82, 2.24) is 14.3 Å². The first-order chi connectivity index (χ1) is 17.3. The number of aromatic nitrogens is 3. The van der Waals surface area contributed by atoms with Gasteiger partial charge in [-0.15, -0.1) is 16.9 Å². The van der Waals surface area contributed by atoms with Crippen LogP contribution >= 0.6 is 11.8 Å². The average molecular weight is 522 g/mol. The number of benzene rings is 1. The topological polar surface area (TPSA) is 102 Å². The molecule has 0 spiro atoms. The minimum atomic E-state index is -0.536. The molecular formula is C26H39N3O6S. The minimum Gasteiger partial charge on any atom is -0.493 e. The van der Waals surface area contributed by atoms with Gasteiger partial charge in [0.25, 0.3) is 5.88 Å². The van der Waals surface area contributed by atoms with E-state index in [9.17, 15) is 14.4 Å². The van der Waals surface area contributed by atoms with Crippen molar-refractivity contribution < 1.29 is 19.0 Å². The summed E-state index contributed by atoms with van der Waals surface area (Å²) in [7, 11) is 1.44. The summed E-state index contributed by atoms with van der Waals surface area (Å²) in [6.07, 6.45) is 6.21. The number of esters is 1. The lowest BCUT2D eigenvalue weighted by Gasteiger charge is -2.13. The molecule has 0 amide bonds. The standard InChI is InChI=1S/C26H39N3O6S/c1-5-7-8-9-10-15-29-26(32)28(4)25(31)24(27-29)34-17-12-16-33-21-13-11-14-22(18-21)36-20(3)19-35-23(30)6-2/h11,13-14,18,20H,5-10,12,15-17,19H2,1-4H3. The Kier molecular flexibility index (Phi) is 13.2. The SMILES string of the molecule is CCCCCCCn1nc(OCCCOc2cccc(SC(C)COC(=O)CC)c2)c(=O)n(C)c1=O. The number of unbranched alkanes of at least 4 members (excludes halogenated alkanes) is 4. The van der Waals surface area contributed by atoms with Crippen molar-refractivity contribution in [1.29, 1.82) is 0 Å². The molecule has 0 aliphatic carbocycles. The Morgan fingerprint density at radius 3 is 2.56 bits per heavy atom. The monoisotopic (exact) mass is 521 g/mol. The van der Waals surface area contributed by atoms with Gasteiger partial charge in [0.15, 0.2) is 0 Å². The molecule has 0 bridgehead atoms. The lowest BCUT2D eigenvalue weighted by atomic mass is 10.1. The van der Waals surface area contributed by atoms with Crippen LogP contribution < -0.4 is 20.7 Å². The number of carbonyl (C=O) groups is 1. The first-order valence-corrected chi connectivity index (χ1v) is 13.6. The summed E-state index contributed by atoms with van der Waals surface area (Å²) in [6, 6.07) is 7.72. The van der Waals surface area contributed by atoms with Gasteiger partial charge in [-0.25, -0.2) is 9.48 Å². The van der Waals surface area contributed by atoms with Gasteiger partial charge < -0.3 is 14.2 Å². The van der Waals surface area contributed by atoms with Crippen molar-refractivity contribution in [2.45, 2.75) is 82.4 Å². The van der Waals surface area contributed by atoms with E-state index >= 15 is 0 Å². The summed E-state index contributed by atoms with van der Waals surface area (Å²) in [4.78, 5) is 37.1. The van der Waals surface area contributed by atoms with Crippen LogP contribution in [0.2, 0.25) is 0 Å². The van der Waals surface area contributed by atoms with Crippen molar-refractivity contribution in [3.63, 3.8) is 0 Å². The van der Waals surface area contributed by atoms with Crippen molar-refractivity contribution in [3.8, 4) is 11.6 Å². The van der Waals surface area contributed by atoms with Gasteiger partial charge in [0.2, 0.25) is 0 Å². The van der Waals surface area contributed by atoms with E-state index in [2.05, 4.69) is 12.0 Å². The Hall–Kier alpha value is -2.75. The smallest absolute Gasteiger partial charge is 0.347 e. The third-order valence-corrected chi connectivity index (χ3v) is 6.45. The summed E-state index contributed by atoms with van der Waals surface area (Å²) < 4.78 is 19.0. The highest BCUT2D eigenvalue weighted by molar-refractivity contribution is 8.00. The number of nitrogens with zero attached hydrogens (tertiary/aromatic N) is 3. The zero-order chi connectivity index (χ0) is 26.3. The molecule has 1 atom stereocenters. The third kappa shape index (κ3) is 10.1. The number of hydrogen-bond acceptors (Lipinski definition) is 8. The summed E-state index contributed by atoms with van der Waals surface area (Å²) in [6.45, 7) is 7.40. The van der Waals surface area contributed by atoms with Crippen molar-refractivity contribution in [2.24, 2.45) is 7.05 Å². The summed E-state index contributed by atoms with van der Waals surface area (Å²) >= 11 is 1.61. The second-order valence-corrected chi connectivity index (χ2v) is 10.1. The van der Waals surface area contributed by atoms with Gasteiger partial charge in [-0.05, 0) is 31.5 Å². The Morgan fingerprint density at radius 1 is 1.06 bits per heavy atom. The van der Waals surface area contributed by atoms with Crippen LogP contribution in [0, 0.1) is 0 Å². The van der Waals surface area contributed by atoms with Crippen LogP contribution in [-0.4, -0.2) is 45.4 Å². The van der Waals surface area contributed by atoms with Crippen molar-refractivity contribution in [3.05, 3.63) is 45.1 Å². The fourth-order valence-corrected chi connectivity index (χ4v) is 4.28. The molecule has 0 saturated heterocycles. The maximum atomic E-state index is 12.4. The van der Waals surface area contributed by atoms with E-state index in [0.717, 1.165) is 40.9 Å². The number of ether oxygens (including phenoxy) is 3. The van der Waals surface area contributed by atoms with Crippen LogP contribution in [0.4, 0.5) is 0 Å². The van der Waals surface area contributed by atoms with E-state index in [-0.39, 0.29) is 23.7 Å². The van der Waals surface area contributed by atoms with Gasteiger partial charge in [0.05, 0.1) is 13.2 Å². The van der Waals surface area contributed by atoms with E-state index in [4.69, 9.17) is 14.2 Å². The molecule has 2 aromatic rings. The summed E-state index contributed by atoms with van der Waals surface area (Å²) in [5.41, 5.74) is -0.964. The summed E-state index contributed by atoms with van der Waals surface area (Å²) in [5, 5.41) is 4.27. The molecule has 0 aliphatic rings. The second kappa shape index (κ2) is 16.1. The number of hydrogen-bond donors (Lipinski definition) is 0. The fourth-order valence-electron chi connectivity index (χ4n) is 3.33. The highest BCUT2D eigenvalue weighted by Crippen LogP contribution is 2.27. The molecule has 0 radical (unpaired) electrons. The number of thioether (sulfide) groups is 1. The van der Waals surface area contributed by atoms with Crippen LogP contribution in [0.25, 0.3) is 0 Å². The van der Waals surface area contributed by atoms with Crippen LogP contribution in [0.15, 0.2) is 38.8 Å². The molecule has 1 aromatic carbocycles. The first-order valence-electron chi connectivity index (χ1n) is 12.7. The van der Waals surface area contributed by atoms with Crippen LogP contribution in [0.5, 0.6) is 11.6 Å². The maximum Gasteiger partial charge on any atom is 0.347 e. The fraction of sp³-hybridized carbons (Fsp3) is 0.615. The Bertz CT molecular complexity index is 1070. The molecule has 1 heterocycles. The van der Waals surface area contributed by atoms with E-state index in [1.807, 2.05) is 31.2 Å². The van der Waals surface area contributed by atoms with E-state index < -0.39 is 11.2 Å². The van der Waals surface area contributed by atoms with Crippen LogP contribution in [-0.2, 0) is 23.1 Å². The van der Waals surface area contributed by atoms with Crippen molar-refractivity contribution >= 4 is 17.7 Å². The normalized spacial score (nSPS) is 11.8. The lowest BCUT2D eigenvalue weighted by Crippen LogP contribution is -2.40. The van der Waals surface area contributed by atoms with Crippen LogP contribution in [0.1, 0.15) is 65.7 Å². The Labute approximate surface area is 217 Å². The Balaban J connectivity index is 1.80. The molecule has 1 unspecified atom stereocenters. The minimum absolute atomic E-state index is 0.0678. The molecule has 9 nitrogen and oxygen atoms in total. The molecular weight excluding hydrogens is 482 g/mol. The average Bonchev–Trinajstić information content (AvgIpc) is 2.87. The van der Waals surface area contributed by atoms with E-state index in [1.54, 1.807) is 18.7 Å².